The van der Waals surface area contributed by atoms with Gasteiger partial charge in [-0.2, -0.15) is 4.98 Å². The number of carboxylic acid groups (broad SMARTS) is 1. The Hall–Kier alpha value is -3.65. The lowest BCUT2D eigenvalue weighted by atomic mass is 10.1. The first-order valence-corrected chi connectivity index (χ1v) is 8.35. The number of hydrogen-bond acceptors (Lipinski definition) is 7. The van der Waals surface area contributed by atoms with E-state index in [4.69, 9.17) is 16.0 Å². The molecule has 11 nitrogen and oxygen atoms in total. The van der Waals surface area contributed by atoms with E-state index in [9.17, 15) is 19.5 Å². The molecule has 0 saturated heterocycles. The van der Waals surface area contributed by atoms with E-state index in [1.54, 1.807) is 18.2 Å². The third kappa shape index (κ3) is 6.58. The predicted molar refractivity (Wildman–Crippen MR) is 94.3 cm³/mol. The largest absolute Gasteiger partial charge is 0.480 e. The number of carboxylic acids is 1. The second kappa shape index (κ2) is 9.89. The average Bonchev–Trinajstić information content (AvgIpc) is 3.14. The zero-order valence-electron chi connectivity index (χ0n) is 14.8. The first-order chi connectivity index (χ1) is 13.3. The van der Waals surface area contributed by atoms with Crippen molar-refractivity contribution in [3.63, 3.8) is 0 Å². The van der Waals surface area contributed by atoms with Crippen molar-refractivity contribution in [2.45, 2.75) is 37.9 Å². The molecule has 2 atom stereocenters. The second-order valence-corrected chi connectivity index (χ2v) is 5.92. The van der Waals surface area contributed by atoms with Crippen LogP contribution in [0.4, 0.5) is 4.79 Å². The number of nitrogens with zero attached hydrogens (tertiary/aromatic N) is 2. The van der Waals surface area contributed by atoms with Crippen LogP contribution in [0, 0.1) is 12.1 Å². The lowest BCUT2D eigenvalue weighted by Gasteiger charge is -2.14. The number of amides is 3. The summed E-state index contributed by atoms with van der Waals surface area (Å²) in [4.78, 5) is 38.1. The highest BCUT2D eigenvalue weighted by Gasteiger charge is 2.21. The average molecular weight is 388 g/mol. The Labute approximate surface area is 160 Å². The van der Waals surface area contributed by atoms with Crippen LogP contribution in [0.15, 0.2) is 22.7 Å². The highest BCUT2D eigenvalue weighted by molar-refractivity contribution is 5.82. The first-order valence-electron chi connectivity index (χ1n) is 8.35. The highest BCUT2D eigenvalue weighted by atomic mass is 16.5. The third-order valence-electron chi connectivity index (χ3n) is 3.68. The monoisotopic (exact) mass is 388 g/mol. The summed E-state index contributed by atoms with van der Waals surface area (Å²) in [5, 5.41) is 17.7. The molecule has 0 aliphatic carbocycles. The molecule has 0 bridgehead atoms. The Balaban J connectivity index is 1.84. The summed E-state index contributed by atoms with van der Waals surface area (Å²) < 4.78 is 4.97. The van der Waals surface area contributed by atoms with Crippen molar-refractivity contribution >= 4 is 17.9 Å². The van der Waals surface area contributed by atoms with Crippen LogP contribution < -0.4 is 22.1 Å². The van der Waals surface area contributed by atoms with Gasteiger partial charge in [0, 0.05) is 12.8 Å². The Morgan fingerprint density at radius 1 is 1.32 bits per heavy atom. The van der Waals surface area contributed by atoms with E-state index in [1.165, 1.54) is 0 Å². The molecule has 148 valence electrons. The lowest BCUT2D eigenvalue weighted by molar-refractivity contribution is -0.139. The van der Waals surface area contributed by atoms with Gasteiger partial charge in [0.15, 0.2) is 5.82 Å². The summed E-state index contributed by atoms with van der Waals surface area (Å²) in [5.41, 5.74) is 11.6. The van der Waals surface area contributed by atoms with Gasteiger partial charge in [-0.15, -0.1) is 0 Å². The van der Waals surface area contributed by atoms with Gasteiger partial charge >= 0.3 is 12.0 Å². The van der Waals surface area contributed by atoms with E-state index in [1.807, 2.05) is 0 Å². The predicted octanol–water partition coefficient (Wildman–Crippen LogP) is -0.570. The number of primary amides is 1. The fourth-order valence-corrected chi connectivity index (χ4v) is 2.22. The van der Waals surface area contributed by atoms with Crippen molar-refractivity contribution in [2.75, 3.05) is 0 Å². The number of carbonyl (C=O) groups excluding carboxylic acids is 2. The fraction of sp³-hybridized carbons (Fsp3) is 0.353. The SMILES string of the molecule is NC(=O)CC[C@H](N)c1noc(CNC(=O)N[C@@H](Cc2cc#ccc2)C(=O)O)n1. The topological polar surface area (TPSA) is 186 Å². The van der Waals surface area contributed by atoms with E-state index >= 15 is 0 Å². The van der Waals surface area contributed by atoms with E-state index < -0.39 is 30.0 Å². The van der Waals surface area contributed by atoms with Crippen LogP contribution in [0.1, 0.15) is 36.2 Å². The van der Waals surface area contributed by atoms with E-state index in [0.717, 1.165) is 0 Å². The van der Waals surface area contributed by atoms with Gasteiger partial charge in [-0.05, 0) is 30.2 Å². The van der Waals surface area contributed by atoms with Gasteiger partial charge in [0.25, 0.3) is 0 Å². The normalized spacial score (nSPS) is 12.5. The fourth-order valence-electron chi connectivity index (χ4n) is 2.22. The van der Waals surface area contributed by atoms with Crippen molar-refractivity contribution in [2.24, 2.45) is 11.5 Å². The number of nitrogens with two attached hydrogens (primary N) is 2. The summed E-state index contributed by atoms with van der Waals surface area (Å²) >= 11 is 0. The Morgan fingerprint density at radius 3 is 2.75 bits per heavy atom. The van der Waals surface area contributed by atoms with Crippen molar-refractivity contribution in [1.82, 2.24) is 20.8 Å². The summed E-state index contributed by atoms with van der Waals surface area (Å²) in [7, 11) is 0. The summed E-state index contributed by atoms with van der Waals surface area (Å²) in [6, 6.07) is 7.85. The molecule has 1 heterocycles. The Bertz CT molecular complexity index is 809. The van der Waals surface area contributed by atoms with Gasteiger partial charge in [-0.3, -0.25) is 4.79 Å². The van der Waals surface area contributed by atoms with Crippen LogP contribution in [-0.2, 0) is 22.6 Å². The van der Waals surface area contributed by atoms with Crippen molar-refractivity contribution < 1.29 is 24.0 Å². The van der Waals surface area contributed by atoms with Crippen LogP contribution in [-0.4, -0.2) is 39.2 Å². The van der Waals surface area contributed by atoms with Gasteiger partial charge in [0.2, 0.25) is 11.8 Å². The minimum absolute atomic E-state index is 0.0828. The highest BCUT2D eigenvalue weighted by Crippen LogP contribution is 2.12. The molecule has 3 amide bonds. The van der Waals surface area contributed by atoms with Crippen molar-refractivity contribution in [3.8, 4) is 0 Å². The molecule has 11 heteroatoms. The van der Waals surface area contributed by atoms with E-state index in [0.29, 0.717) is 5.56 Å². The minimum Gasteiger partial charge on any atom is -0.480 e. The van der Waals surface area contributed by atoms with Gasteiger partial charge < -0.3 is 31.7 Å². The number of rotatable bonds is 10. The molecule has 7 N–H and O–H groups in total. The second-order valence-electron chi connectivity index (χ2n) is 5.92. The van der Waals surface area contributed by atoms with Crippen LogP contribution in [0.5, 0.6) is 0 Å². The molecule has 0 unspecified atom stereocenters. The Morgan fingerprint density at radius 2 is 2.11 bits per heavy atom. The molecule has 0 saturated carbocycles. The van der Waals surface area contributed by atoms with Crippen LogP contribution in [0.3, 0.4) is 0 Å². The maximum absolute atomic E-state index is 12.0. The molecule has 0 aliphatic heterocycles. The molecule has 2 aromatic rings. The zero-order valence-corrected chi connectivity index (χ0v) is 14.8. The van der Waals surface area contributed by atoms with Crippen molar-refractivity contribution in [1.29, 1.82) is 0 Å². The molecule has 0 fully saturated rings. The molecule has 0 aliphatic rings. The zero-order chi connectivity index (χ0) is 20.5. The maximum atomic E-state index is 12.0. The maximum Gasteiger partial charge on any atom is 0.326 e. The quantitative estimate of drug-likeness (QED) is 0.358. The summed E-state index contributed by atoms with van der Waals surface area (Å²) in [6.45, 7) is -0.123. The summed E-state index contributed by atoms with van der Waals surface area (Å²) in [6.07, 6.45) is 0.435. The number of hydrogen-bond donors (Lipinski definition) is 5. The number of aliphatic carboxylic acids is 1. The molecule has 1 aromatic carbocycles. The Kier molecular flexibility index (Phi) is 7.29. The minimum atomic E-state index is -1.18. The molecular weight excluding hydrogens is 368 g/mol. The number of nitrogens with one attached hydrogen (secondary N) is 2. The summed E-state index contributed by atoms with van der Waals surface area (Å²) in [5.74, 6) is -1.40. The van der Waals surface area contributed by atoms with E-state index in [2.05, 4.69) is 32.9 Å². The van der Waals surface area contributed by atoms with Gasteiger partial charge in [-0.25, -0.2) is 9.59 Å². The van der Waals surface area contributed by atoms with Crippen molar-refractivity contribution in [3.05, 3.63) is 47.6 Å². The van der Waals surface area contributed by atoms with Crippen LogP contribution in [0.25, 0.3) is 0 Å². The lowest BCUT2D eigenvalue weighted by Crippen LogP contribution is -2.46. The van der Waals surface area contributed by atoms with Gasteiger partial charge in [-0.1, -0.05) is 17.3 Å². The van der Waals surface area contributed by atoms with Crippen LogP contribution >= 0.6 is 0 Å². The number of urea groups is 1. The smallest absolute Gasteiger partial charge is 0.326 e. The van der Waals surface area contributed by atoms with Crippen LogP contribution in [0.2, 0.25) is 0 Å². The molecule has 2 rings (SSSR count). The molecule has 28 heavy (non-hydrogen) atoms. The standard InChI is InChI=1S/C17H20N6O5/c18-11(6-7-13(19)24)15-22-14(28-23-15)9-20-17(27)21-12(16(25)26)8-10-4-2-1-3-5-10/h2,4-5,11-12H,6-9,18H2,(H2,19,24)(H,25,26)(H2,20,21,27)/t11-,12-/m0/s1. The molecule has 0 spiro atoms. The van der Waals surface area contributed by atoms with Gasteiger partial charge in [0.05, 0.1) is 12.6 Å². The third-order valence-corrected chi connectivity index (χ3v) is 3.68. The number of aromatic nitrogens is 2. The van der Waals surface area contributed by atoms with Gasteiger partial charge in [0.1, 0.15) is 6.04 Å². The first kappa shape index (κ1) is 20.7. The molecular formula is C17H20N6O5. The molecule has 1 aromatic heterocycles. The molecule has 0 radical (unpaired) electrons. The number of carbonyl (C=O) groups is 3. The van der Waals surface area contributed by atoms with E-state index in [-0.39, 0.29) is 37.5 Å².